The lowest BCUT2D eigenvalue weighted by atomic mass is 10.0. The molecule has 3 heterocycles. The van der Waals surface area contributed by atoms with Gasteiger partial charge >= 0.3 is 11.9 Å². The van der Waals surface area contributed by atoms with Gasteiger partial charge in [0, 0.05) is 30.2 Å². The summed E-state index contributed by atoms with van der Waals surface area (Å²) < 4.78 is 4.92. The summed E-state index contributed by atoms with van der Waals surface area (Å²) in [6.07, 6.45) is 1.86. The first-order valence-electron chi connectivity index (χ1n) is 10.8. The van der Waals surface area contributed by atoms with E-state index in [1.165, 1.54) is 18.7 Å². The molecule has 35 heavy (non-hydrogen) atoms. The second-order valence-corrected chi connectivity index (χ2v) is 10.0. The minimum absolute atomic E-state index is 0.105. The van der Waals surface area contributed by atoms with Crippen molar-refractivity contribution in [1.29, 1.82) is 0 Å². The van der Waals surface area contributed by atoms with E-state index < -0.39 is 29.3 Å². The maximum atomic E-state index is 12.7. The molecule has 4 rings (SSSR count). The van der Waals surface area contributed by atoms with Crippen molar-refractivity contribution in [2.45, 2.75) is 35.5 Å². The average molecular weight is 514 g/mol. The van der Waals surface area contributed by atoms with E-state index in [0.717, 1.165) is 26.8 Å². The molecule has 0 radical (unpaired) electrons. The number of pyridine rings is 1. The number of benzene rings is 1. The van der Waals surface area contributed by atoms with Crippen LogP contribution < -0.4 is 5.32 Å². The number of thioether (sulfide) groups is 2. The van der Waals surface area contributed by atoms with Gasteiger partial charge in [-0.2, -0.15) is 0 Å². The van der Waals surface area contributed by atoms with Crippen molar-refractivity contribution in [3.05, 3.63) is 71.1 Å². The van der Waals surface area contributed by atoms with Gasteiger partial charge in [0.1, 0.15) is 23.7 Å². The van der Waals surface area contributed by atoms with Gasteiger partial charge in [-0.15, -0.1) is 23.5 Å². The zero-order valence-corrected chi connectivity index (χ0v) is 20.4. The van der Waals surface area contributed by atoms with E-state index in [-0.39, 0.29) is 30.4 Å². The Hall–Kier alpha value is -3.31. The Bertz CT molecular complexity index is 1170. The molecule has 2 aliphatic heterocycles. The highest BCUT2D eigenvalue weighted by molar-refractivity contribution is 8.00. The van der Waals surface area contributed by atoms with E-state index >= 15 is 0 Å². The molecule has 1 saturated heterocycles. The molecule has 0 aliphatic carbocycles. The number of hydrogen-bond acceptors (Lipinski definition) is 8. The van der Waals surface area contributed by atoms with Crippen LogP contribution in [0.25, 0.3) is 0 Å². The molecule has 0 spiro atoms. The summed E-state index contributed by atoms with van der Waals surface area (Å²) in [5.41, 5.74) is 2.09. The Labute approximate surface area is 210 Å². The zero-order chi connectivity index (χ0) is 24.9. The van der Waals surface area contributed by atoms with E-state index in [1.807, 2.05) is 42.5 Å². The molecular formula is C24H23N3O6S2. The lowest BCUT2D eigenvalue weighted by Crippen LogP contribution is -2.70. The zero-order valence-electron chi connectivity index (χ0n) is 18.8. The van der Waals surface area contributed by atoms with Crippen LogP contribution in [0.5, 0.6) is 0 Å². The molecule has 0 saturated carbocycles. The number of fused-ring (bicyclic) bond motifs is 1. The topological polar surface area (TPSA) is 126 Å². The molecule has 1 aromatic heterocycles. The van der Waals surface area contributed by atoms with Crippen LogP contribution in [0.3, 0.4) is 0 Å². The molecule has 1 aromatic carbocycles. The third kappa shape index (κ3) is 5.85. The van der Waals surface area contributed by atoms with E-state index in [1.54, 1.807) is 18.0 Å². The van der Waals surface area contributed by atoms with Crippen LogP contribution in [-0.4, -0.2) is 62.5 Å². The van der Waals surface area contributed by atoms with Crippen molar-refractivity contribution >= 4 is 47.3 Å². The van der Waals surface area contributed by atoms with Crippen LogP contribution >= 0.6 is 23.5 Å². The van der Waals surface area contributed by atoms with Gasteiger partial charge in [-0.25, -0.2) is 9.78 Å². The number of β-lactam (4-membered cyclic amide) rings is 1. The number of hydrogen-bond donors (Lipinski definition) is 2. The minimum Gasteiger partial charge on any atom is -0.477 e. The smallest absolute Gasteiger partial charge is 0.352 e. The summed E-state index contributed by atoms with van der Waals surface area (Å²) in [6, 6.07) is 12.6. The number of rotatable bonds is 9. The highest BCUT2D eigenvalue weighted by atomic mass is 32.2. The maximum Gasteiger partial charge on any atom is 0.352 e. The lowest BCUT2D eigenvalue weighted by molar-refractivity contribution is -0.151. The third-order valence-corrected chi connectivity index (χ3v) is 7.78. The quantitative estimate of drug-likeness (QED) is 0.295. The van der Waals surface area contributed by atoms with Crippen molar-refractivity contribution in [2.24, 2.45) is 0 Å². The van der Waals surface area contributed by atoms with Crippen LogP contribution in [0, 0.1) is 0 Å². The first-order valence-corrected chi connectivity index (χ1v) is 12.8. The number of aliphatic carboxylic acids is 1. The van der Waals surface area contributed by atoms with Crippen LogP contribution in [0.15, 0.2) is 65.0 Å². The highest BCUT2D eigenvalue weighted by Crippen LogP contribution is 2.40. The fourth-order valence-electron chi connectivity index (χ4n) is 3.74. The molecule has 1 fully saturated rings. The number of carboxylic acid groups (broad SMARTS) is 1. The maximum absolute atomic E-state index is 12.7. The van der Waals surface area contributed by atoms with Gasteiger partial charge < -0.3 is 15.2 Å². The number of carboxylic acids is 1. The van der Waals surface area contributed by atoms with E-state index in [2.05, 4.69) is 10.3 Å². The molecule has 9 nitrogen and oxygen atoms in total. The summed E-state index contributed by atoms with van der Waals surface area (Å²) in [5.74, 6) is -1.56. The van der Waals surface area contributed by atoms with Gasteiger partial charge in [-0.05, 0) is 23.3 Å². The molecule has 2 unspecified atom stereocenters. The fraction of sp³-hybridized carbons (Fsp3) is 0.292. The predicted octanol–water partition coefficient (Wildman–Crippen LogP) is 2.22. The Morgan fingerprint density at radius 2 is 1.94 bits per heavy atom. The van der Waals surface area contributed by atoms with Crippen LogP contribution in [0.4, 0.5) is 0 Å². The Kier molecular flexibility index (Phi) is 7.76. The summed E-state index contributed by atoms with van der Waals surface area (Å²) >= 11 is 2.95. The minimum atomic E-state index is -1.27. The number of esters is 1. The summed E-state index contributed by atoms with van der Waals surface area (Å²) in [4.78, 5) is 53.6. The largest absolute Gasteiger partial charge is 0.477 e. The predicted molar refractivity (Wildman–Crippen MR) is 130 cm³/mol. The van der Waals surface area contributed by atoms with Gasteiger partial charge in [0.2, 0.25) is 5.91 Å². The summed E-state index contributed by atoms with van der Waals surface area (Å²) in [6.45, 7) is 1.04. The molecule has 0 bridgehead atoms. The Balaban J connectivity index is 1.32. The number of carbonyl (C=O) groups is 4. The monoisotopic (exact) mass is 513 g/mol. The Morgan fingerprint density at radius 3 is 2.60 bits per heavy atom. The van der Waals surface area contributed by atoms with Gasteiger partial charge in [-0.3, -0.25) is 19.3 Å². The lowest BCUT2D eigenvalue weighted by Gasteiger charge is -2.49. The van der Waals surface area contributed by atoms with Gasteiger partial charge in [0.25, 0.3) is 5.91 Å². The number of ether oxygens (including phenoxy) is 1. The highest BCUT2D eigenvalue weighted by Gasteiger charge is 2.54. The first kappa shape index (κ1) is 24.8. The third-order valence-electron chi connectivity index (χ3n) is 5.43. The molecule has 182 valence electrons. The normalized spacial score (nSPS) is 19.0. The van der Waals surface area contributed by atoms with Gasteiger partial charge in [0.05, 0.1) is 11.4 Å². The first-order chi connectivity index (χ1) is 16.8. The molecule has 11 heteroatoms. The molecular weight excluding hydrogens is 490 g/mol. The second-order valence-electron chi connectivity index (χ2n) is 7.94. The van der Waals surface area contributed by atoms with Crippen LogP contribution in [0.2, 0.25) is 0 Å². The van der Waals surface area contributed by atoms with Crippen LogP contribution in [-0.2, 0) is 36.1 Å². The molecule has 2 amide bonds. The molecule has 2 atom stereocenters. The number of aromatic nitrogens is 1. The van der Waals surface area contributed by atoms with Crippen molar-refractivity contribution in [1.82, 2.24) is 15.2 Å². The van der Waals surface area contributed by atoms with Crippen molar-refractivity contribution < 1.29 is 29.0 Å². The second kappa shape index (κ2) is 11.0. The van der Waals surface area contributed by atoms with E-state index in [9.17, 15) is 24.3 Å². The van der Waals surface area contributed by atoms with E-state index in [0.29, 0.717) is 5.57 Å². The molecule has 2 N–H and O–H groups in total. The molecule has 2 aromatic rings. The summed E-state index contributed by atoms with van der Waals surface area (Å²) in [5, 5.41) is 12.8. The fourth-order valence-corrected chi connectivity index (χ4v) is 5.88. The van der Waals surface area contributed by atoms with Crippen molar-refractivity contribution in [3.8, 4) is 0 Å². The number of nitrogens with zero attached hydrogens (tertiary/aromatic N) is 2. The molecule has 2 aliphatic rings. The number of amides is 2. The van der Waals surface area contributed by atoms with E-state index in [4.69, 9.17) is 4.74 Å². The van der Waals surface area contributed by atoms with Crippen LogP contribution in [0.1, 0.15) is 18.1 Å². The standard InChI is InChI=1S/C24H23N3O6S2/c1-14(28)33-11-17-13-35-23-20(22(30)27(23)21(17)24(31)32)26-18(29)10-15-5-7-16(8-6-15)12-34-19-4-2-3-9-25-19/h2-9,20,23H,10-13H2,1H3,(H,26,29)(H,31,32). The number of carbonyl (C=O) groups excluding carboxylic acids is 3. The average Bonchev–Trinajstić information content (AvgIpc) is 2.85. The van der Waals surface area contributed by atoms with Gasteiger partial charge in [-0.1, -0.05) is 30.3 Å². The SMILES string of the molecule is CC(=O)OCC1=C(C(=O)O)N2C(=O)C(NC(=O)Cc3ccc(CSc4ccccn4)cc3)C2SC1. The van der Waals surface area contributed by atoms with Crippen molar-refractivity contribution in [3.63, 3.8) is 0 Å². The number of nitrogens with one attached hydrogen (secondary N) is 1. The summed E-state index contributed by atoms with van der Waals surface area (Å²) in [7, 11) is 0. The van der Waals surface area contributed by atoms with Crippen molar-refractivity contribution in [2.75, 3.05) is 12.4 Å². The van der Waals surface area contributed by atoms with Gasteiger partial charge in [0.15, 0.2) is 0 Å². The Morgan fingerprint density at radius 1 is 1.20 bits per heavy atom.